The van der Waals surface area contributed by atoms with Gasteiger partial charge in [-0.05, 0) is 37.0 Å². The molecule has 0 aliphatic heterocycles. The normalized spacial score (nSPS) is 20.0. The quantitative estimate of drug-likeness (QED) is 0.871. The monoisotopic (exact) mass is 292 g/mol. The van der Waals surface area contributed by atoms with Crippen molar-refractivity contribution in [2.75, 3.05) is 13.1 Å². The average Bonchev–Trinajstić information content (AvgIpc) is 3.20. The third-order valence-electron chi connectivity index (χ3n) is 3.86. The number of nitrogens with one attached hydrogen (secondary N) is 1. The minimum atomic E-state index is -0.300. The van der Waals surface area contributed by atoms with Gasteiger partial charge in [-0.1, -0.05) is 19.1 Å². The number of amides is 2. The molecule has 1 aliphatic carbocycles. The molecule has 0 heterocycles. The van der Waals surface area contributed by atoms with Crippen LogP contribution in [0.1, 0.15) is 25.8 Å². The van der Waals surface area contributed by atoms with E-state index in [0.717, 1.165) is 12.0 Å². The molecular formula is C16H21FN2O2. The minimum absolute atomic E-state index is 0.0712. The van der Waals surface area contributed by atoms with Gasteiger partial charge in [-0.15, -0.1) is 0 Å². The van der Waals surface area contributed by atoms with E-state index < -0.39 is 0 Å². The maximum atomic E-state index is 12.8. The Morgan fingerprint density at radius 3 is 2.48 bits per heavy atom. The van der Waals surface area contributed by atoms with E-state index in [9.17, 15) is 14.0 Å². The molecule has 0 bridgehead atoms. The van der Waals surface area contributed by atoms with Crippen molar-refractivity contribution in [3.63, 3.8) is 0 Å². The zero-order valence-corrected chi connectivity index (χ0v) is 12.4. The van der Waals surface area contributed by atoms with Gasteiger partial charge in [0.15, 0.2) is 0 Å². The summed E-state index contributed by atoms with van der Waals surface area (Å²) >= 11 is 0. The molecule has 0 spiro atoms. The Bertz CT molecular complexity index is 516. The molecule has 2 atom stereocenters. The van der Waals surface area contributed by atoms with E-state index in [2.05, 4.69) is 5.32 Å². The van der Waals surface area contributed by atoms with Gasteiger partial charge in [0.2, 0.25) is 11.8 Å². The van der Waals surface area contributed by atoms with Crippen molar-refractivity contribution in [1.29, 1.82) is 0 Å². The van der Waals surface area contributed by atoms with Gasteiger partial charge in [0, 0.05) is 19.0 Å². The van der Waals surface area contributed by atoms with Crippen LogP contribution in [-0.2, 0) is 16.1 Å². The van der Waals surface area contributed by atoms with Crippen LogP contribution in [0.3, 0.4) is 0 Å². The largest absolute Gasteiger partial charge is 0.350 e. The Balaban J connectivity index is 1.80. The predicted molar refractivity (Wildman–Crippen MR) is 77.8 cm³/mol. The van der Waals surface area contributed by atoms with Gasteiger partial charge in [0.05, 0.1) is 6.54 Å². The molecule has 5 heteroatoms. The maximum Gasteiger partial charge on any atom is 0.239 e. The standard InChI is InChI=1S/C16H21FN2O2/c1-3-19(16(21)14-8-11(14)2)10-15(20)18-9-12-4-6-13(17)7-5-12/h4-7,11,14H,3,8-10H2,1-2H3,(H,18,20). The van der Waals surface area contributed by atoms with Gasteiger partial charge < -0.3 is 10.2 Å². The maximum absolute atomic E-state index is 12.8. The van der Waals surface area contributed by atoms with Crippen molar-refractivity contribution < 1.29 is 14.0 Å². The van der Waals surface area contributed by atoms with E-state index in [1.165, 1.54) is 12.1 Å². The molecule has 0 radical (unpaired) electrons. The summed E-state index contributed by atoms with van der Waals surface area (Å²) < 4.78 is 12.8. The van der Waals surface area contributed by atoms with E-state index in [-0.39, 0.29) is 30.1 Å². The average molecular weight is 292 g/mol. The molecule has 0 aromatic heterocycles. The molecular weight excluding hydrogens is 271 g/mol. The summed E-state index contributed by atoms with van der Waals surface area (Å²) in [5.41, 5.74) is 0.829. The molecule has 1 saturated carbocycles. The molecule has 114 valence electrons. The van der Waals surface area contributed by atoms with Gasteiger partial charge in [-0.25, -0.2) is 4.39 Å². The first-order valence-electron chi connectivity index (χ1n) is 7.31. The van der Waals surface area contributed by atoms with Crippen molar-refractivity contribution in [1.82, 2.24) is 10.2 Å². The third-order valence-corrected chi connectivity index (χ3v) is 3.86. The van der Waals surface area contributed by atoms with E-state index in [0.29, 0.717) is 19.0 Å². The Kier molecular flexibility index (Phi) is 4.94. The number of rotatable bonds is 6. The van der Waals surface area contributed by atoms with Gasteiger partial charge in [-0.3, -0.25) is 9.59 Å². The zero-order valence-electron chi connectivity index (χ0n) is 12.4. The molecule has 2 unspecified atom stereocenters. The second-order valence-electron chi connectivity index (χ2n) is 5.58. The SMILES string of the molecule is CCN(CC(=O)NCc1ccc(F)cc1)C(=O)C1CC1C. The van der Waals surface area contributed by atoms with Crippen molar-refractivity contribution in [2.24, 2.45) is 11.8 Å². The highest BCUT2D eigenvalue weighted by Gasteiger charge is 2.41. The number of likely N-dealkylation sites (N-methyl/N-ethyl adjacent to an activating group) is 1. The summed E-state index contributed by atoms with van der Waals surface area (Å²) in [6, 6.07) is 5.98. The highest BCUT2D eigenvalue weighted by atomic mass is 19.1. The Hall–Kier alpha value is -1.91. The molecule has 1 aromatic rings. The number of benzene rings is 1. The first kappa shape index (κ1) is 15.5. The Labute approximate surface area is 124 Å². The number of carbonyl (C=O) groups is 2. The number of nitrogens with zero attached hydrogens (tertiary/aromatic N) is 1. The van der Waals surface area contributed by atoms with E-state index >= 15 is 0 Å². The van der Waals surface area contributed by atoms with Gasteiger partial charge in [-0.2, -0.15) is 0 Å². The molecule has 2 rings (SSSR count). The molecule has 2 amide bonds. The van der Waals surface area contributed by atoms with Crippen molar-refractivity contribution >= 4 is 11.8 Å². The zero-order chi connectivity index (χ0) is 15.4. The molecule has 21 heavy (non-hydrogen) atoms. The molecule has 1 N–H and O–H groups in total. The summed E-state index contributed by atoms with van der Waals surface area (Å²) in [7, 11) is 0. The van der Waals surface area contributed by atoms with Crippen LogP contribution >= 0.6 is 0 Å². The Morgan fingerprint density at radius 1 is 1.33 bits per heavy atom. The van der Waals surface area contributed by atoms with Crippen LogP contribution in [0.5, 0.6) is 0 Å². The third kappa shape index (κ3) is 4.28. The highest BCUT2D eigenvalue weighted by molar-refractivity contribution is 5.87. The highest BCUT2D eigenvalue weighted by Crippen LogP contribution is 2.39. The van der Waals surface area contributed by atoms with E-state index in [4.69, 9.17) is 0 Å². The minimum Gasteiger partial charge on any atom is -0.350 e. The lowest BCUT2D eigenvalue weighted by Gasteiger charge is -2.20. The van der Waals surface area contributed by atoms with Crippen LogP contribution in [0.15, 0.2) is 24.3 Å². The first-order chi connectivity index (χ1) is 10.0. The molecule has 1 aromatic carbocycles. The summed E-state index contributed by atoms with van der Waals surface area (Å²) in [5.74, 6) is 0.111. The summed E-state index contributed by atoms with van der Waals surface area (Å²) in [6.07, 6.45) is 0.923. The number of carbonyl (C=O) groups excluding carboxylic acids is 2. The van der Waals surface area contributed by atoms with Crippen LogP contribution in [0, 0.1) is 17.7 Å². The first-order valence-corrected chi connectivity index (χ1v) is 7.31. The van der Waals surface area contributed by atoms with Gasteiger partial charge in [0.25, 0.3) is 0 Å². The van der Waals surface area contributed by atoms with Crippen molar-refractivity contribution in [3.8, 4) is 0 Å². The van der Waals surface area contributed by atoms with Crippen molar-refractivity contribution in [3.05, 3.63) is 35.6 Å². The fourth-order valence-corrected chi connectivity index (χ4v) is 2.28. The fraction of sp³-hybridized carbons (Fsp3) is 0.500. The fourth-order valence-electron chi connectivity index (χ4n) is 2.28. The second kappa shape index (κ2) is 6.70. The molecule has 4 nitrogen and oxygen atoms in total. The van der Waals surface area contributed by atoms with Gasteiger partial charge in [0.1, 0.15) is 5.82 Å². The smallest absolute Gasteiger partial charge is 0.239 e. The molecule has 1 aliphatic rings. The van der Waals surface area contributed by atoms with Gasteiger partial charge >= 0.3 is 0 Å². The number of halogens is 1. The Morgan fingerprint density at radius 2 is 1.95 bits per heavy atom. The lowest BCUT2D eigenvalue weighted by atomic mass is 10.2. The van der Waals surface area contributed by atoms with Crippen LogP contribution in [0.2, 0.25) is 0 Å². The van der Waals surface area contributed by atoms with Crippen LogP contribution in [0.25, 0.3) is 0 Å². The lowest BCUT2D eigenvalue weighted by Crippen LogP contribution is -2.41. The topological polar surface area (TPSA) is 49.4 Å². The summed E-state index contributed by atoms with van der Waals surface area (Å²) in [5, 5.41) is 2.75. The van der Waals surface area contributed by atoms with Crippen LogP contribution in [-0.4, -0.2) is 29.8 Å². The van der Waals surface area contributed by atoms with E-state index in [1.807, 2.05) is 13.8 Å². The van der Waals surface area contributed by atoms with Crippen LogP contribution < -0.4 is 5.32 Å². The molecule has 1 fully saturated rings. The number of hydrogen-bond donors (Lipinski definition) is 1. The summed E-state index contributed by atoms with van der Waals surface area (Å²) in [4.78, 5) is 25.6. The number of hydrogen-bond acceptors (Lipinski definition) is 2. The van der Waals surface area contributed by atoms with Crippen molar-refractivity contribution in [2.45, 2.75) is 26.8 Å². The van der Waals surface area contributed by atoms with Crippen LogP contribution in [0.4, 0.5) is 4.39 Å². The summed E-state index contributed by atoms with van der Waals surface area (Å²) in [6.45, 7) is 4.87. The second-order valence-corrected chi connectivity index (χ2v) is 5.58. The van der Waals surface area contributed by atoms with E-state index in [1.54, 1.807) is 17.0 Å². The lowest BCUT2D eigenvalue weighted by molar-refractivity contribution is -0.137. The molecule has 0 saturated heterocycles. The predicted octanol–water partition coefficient (Wildman–Crippen LogP) is 1.95.